The number of carbonyl (C=O) groups is 1. The fourth-order valence-electron chi connectivity index (χ4n) is 1.92. The van der Waals surface area contributed by atoms with Crippen LogP contribution in [0.25, 0.3) is 10.9 Å². The highest BCUT2D eigenvalue weighted by Crippen LogP contribution is 2.29. The van der Waals surface area contributed by atoms with Crippen LogP contribution in [0.5, 0.6) is 11.5 Å². The zero-order valence-electron chi connectivity index (χ0n) is 11.3. The van der Waals surface area contributed by atoms with E-state index in [0.29, 0.717) is 22.7 Å². The third-order valence-electron chi connectivity index (χ3n) is 2.99. The predicted octanol–water partition coefficient (Wildman–Crippen LogP) is 1.21. The summed E-state index contributed by atoms with van der Waals surface area (Å²) in [5.74, 6) is 0.199. The third-order valence-corrected chi connectivity index (χ3v) is 2.99. The van der Waals surface area contributed by atoms with Crippen molar-refractivity contribution in [3.05, 3.63) is 30.0 Å². The van der Waals surface area contributed by atoms with Crippen LogP contribution >= 0.6 is 0 Å². The summed E-state index contributed by atoms with van der Waals surface area (Å²) < 4.78 is 10.5. The van der Waals surface area contributed by atoms with Crippen LogP contribution in [0.4, 0.5) is 0 Å². The molecule has 1 aromatic heterocycles. The second kappa shape index (κ2) is 5.75. The zero-order chi connectivity index (χ0) is 14.7. The van der Waals surface area contributed by atoms with Gasteiger partial charge in [-0.15, -0.1) is 0 Å². The molecule has 20 heavy (non-hydrogen) atoms. The average Bonchev–Trinajstić information content (AvgIpc) is 2.45. The van der Waals surface area contributed by atoms with Gasteiger partial charge in [0.25, 0.3) is 0 Å². The van der Waals surface area contributed by atoms with E-state index in [1.807, 2.05) is 12.1 Å². The van der Waals surface area contributed by atoms with Gasteiger partial charge in [0, 0.05) is 23.6 Å². The summed E-state index contributed by atoms with van der Waals surface area (Å²) in [6.45, 7) is 0. The van der Waals surface area contributed by atoms with Crippen molar-refractivity contribution in [3.63, 3.8) is 0 Å². The van der Waals surface area contributed by atoms with Crippen molar-refractivity contribution in [1.82, 2.24) is 4.98 Å². The van der Waals surface area contributed by atoms with Crippen LogP contribution in [0.2, 0.25) is 0 Å². The number of carboxylic acids is 1. The molecule has 0 aliphatic rings. The van der Waals surface area contributed by atoms with Crippen LogP contribution in [-0.2, 0) is 11.2 Å². The number of fused-ring (bicyclic) bond motifs is 1. The summed E-state index contributed by atoms with van der Waals surface area (Å²) in [6, 6.07) is 6.20. The lowest BCUT2D eigenvalue weighted by molar-refractivity contribution is -0.138. The van der Waals surface area contributed by atoms with E-state index in [9.17, 15) is 4.79 Å². The summed E-state index contributed by atoms with van der Waals surface area (Å²) in [5, 5.41) is 9.69. The van der Waals surface area contributed by atoms with E-state index in [1.165, 1.54) is 0 Å². The second-order valence-corrected chi connectivity index (χ2v) is 4.35. The van der Waals surface area contributed by atoms with Gasteiger partial charge in [0.05, 0.1) is 14.2 Å². The van der Waals surface area contributed by atoms with Crippen molar-refractivity contribution in [2.45, 2.75) is 12.5 Å². The van der Waals surface area contributed by atoms with E-state index < -0.39 is 12.0 Å². The van der Waals surface area contributed by atoms with Gasteiger partial charge in [0.2, 0.25) is 0 Å². The number of pyridine rings is 1. The quantitative estimate of drug-likeness (QED) is 0.852. The number of benzene rings is 1. The van der Waals surface area contributed by atoms with E-state index >= 15 is 0 Å². The Hall–Kier alpha value is -2.34. The number of nitrogens with two attached hydrogens (primary N) is 1. The highest BCUT2D eigenvalue weighted by molar-refractivity contribution is 5.86. The number of nitrogens with zero attached hydrogens (tertiary/aromatic N) is 1. The Labute approximate surface area is 116 Å². The van der Waals surface area contributed by atoms with Crippen molar-refractivity contribution < 1.29 is 19.4 Å². The van der Waals surface area contributed by atoms with E-state index in [2.05, 4.69) is 4.98 Å². The SMILES string of the molecule is COc1cc(OC)c2nc(CC(N)C(=O)O)ccc2c1. The van der Waals surface area contributed by atoms with Crippen LogP contribution in [-0.4, -0.2) is 36.3 Å². The average molecular weight is 276 g/mol. The van der Waals surface area contributed by atoms with E-state index in [4.69, 9.17) is 20.3 Å². The molecular formula is C14H16N2O4. The first-order valence-electron chi connectivity index (χ1n) is 6.05. The molecule has 0 fully saturated rings. The molecule has 106 valence electrons. The maximum atomic E-state index is 10.8. The lowest BCUT2D eigenvalue weighted by Gasteiger charge is -2.10. The summed E-state index contributed by atoms with van der Waals surface area (Å²) >= 11 is 0. The molecule has 2 rings (SSSR count). The standard InChI is InChI=1S/C14H16N2O4/c1-19-10-5-8-3-4-9(6-11(15)14(17)18)16-13(8)12(7-10)20-2/h3-5,7,11H,6,15H2,1-2H3,(H,17,18). The fraction of sp³-hybridized carbons (Fsp3) is 0.286. The Kier molecular flexibility index (Phi) is 4.05. The fourth-order valence-corrected chi connectivity index (χ4v) is 1.92. The van der Waals surface area contributed by atoms with Crippen LogP contribution in [0, 0.1) is 0 Å². The molecule has 1 aromatic carbocycles. The lowest BCUT2D eigenvalue weighted by Crippen LogP contribution is -2.32. The van der Waals surface area contributed by atoms with Gasteiger partial charge in [-0.05, 0) is 12.1 Å². The molecule has 1 heterocycles. The van der Waals surface area contributed by atoms with E-state index in [1.54, 1.807) is 26.4 Å². The smallest absolute Gasteiger partial charge is 0.320 e. The predicted molar refractivity (Wildman–Crippen MR) is 74.2 cm³/mol. The summed E-state index contributed by atoms with van der Waals surface area (Å²) in [5.41, 5.74) is 6.78. The van der Waals surface area contributed by atoms with Gasteiger partial charge in [-0.1, -0.05) is 6.07 Å². The largest absolute Gasteiger partial charge is 0.497 e. The molecule has 0 amide bonds. The van der Waals surface area contributed by atoms with Gasteiger partial charge >= 0.3 is 5.97 Å². The normalized spacial score (nSPS) is 12.2. The summed E-state index contributed by atoms with van der Waals surface area (Å²) in [6.07, 6.45) is 0.167. The molecule has 6 heteroatoms. The van der Waals surface area contributed by atoms with Crippen molar-refractivity contribution in [3.8, 4) is 11.5 Å². The highest BCUT2D eigenvalue weighted by atomic mass is 16.5. The molecule has 0 spiro atoms. The Morgan fingerprint density at radius 2 is 2.10 bits per heavy atom. The maximum absolute atomic E-state index is 10.8. The van der Waals surface area contributed by atoms with E-state index in [0.717, 1.165) is 5.39 Å². The molecule has 0 aliphatic heterocycles. The molecular weight excluding hydrogens is 260 g/mol. The van der Waals surface area contributed by atoms with Crippen LogP contribution in [0.1, 0.15) is 5.69 Å². The van der Waals surface area contributed by atoms with Crippen LogP contribution < -0.4 is 15.2 Å². The number of methoxy groups -OCH3 is 2. The topological polar surface area (TPSA) is 94.7 Å². The number of rotatable bonds is 5. The molecule has 0 radical (unpaired) electrons. The van der Waals surface area contributed by atoms with Gasteiger partial charge in [-0.2, -0.15) is 0 Å². The number of hydrogen-bond donors (Lipinski definition) is 2. The number of aromatic nitrogens is 1. The molecule has 0 saturated heterocycles. The first-order chi connectivity index (χ1) is 9.55. The Morgan fingerprint density at radius 3 is 2.70 bits per heavy atom. The van der Waals surface area contributed by atoms with Crippen molar-refractivity contribution >= 4 is 16.9 Å². The summed E-state index contributed by atoms with van der Waals surface area (Å²) in [7, 11) is 3.12. The lowest BCUT2D eigenvalue weighted by atomic mass is 10.1. The number of ether oxygens (including phenoxy) is 2. The third kappa shape index (κ3) is 2.80. The Balaban J connectivity index is 2.45. The van der Waals surface area contributed by atoms with Crippen molar-refractivity contribution in [2.75, 3.05) is 14.2 Å². The number of aliphatic carboxylic acids is 1. The van der Waals surface area contributed by atoms with Gasteiger partial charge in [0.15, 0.2) is 0 Å². The number of hydrogen-bond acceptors (Lipinski definition) is 5. The Bertz CT molecular complexity index is 642. The van der Waals surface area contributed by atoms with Gasteiger partial charge in [-0.3, -0.25) is 4.79 Å². The molecule has 0 aliphatic carbocycles. The summed E-state index contributed by atoms with van der Waals surface area (Å²) in [4.78, 5) is 15.2. The van der Waals surface area contributed by atoms with E-state index in [-0.39, 0.29) is 6.42 Å². The molecule has 2 aromatic rings. The zero-order valence-corrected chi connectivity index (χ0v) is 11.3. The molecule has 3 N–H and O–H groups in total. The van der Waals surface area contributed by atoms with Crippen LogP contribution in [0.15, 0.2) is 24.3 Å². The minimum atomic E-state index is -1.05. The first kappa shape index (κ1) is 14.1. The molecule has 0 saturated carbocycles. The number of carboxylic acid groups (broad SMARTS) is 1. The Morgan fingerprint density at radius 1 is 1.35 bits per heavy atom. The highest BCUT2D eigenvalue weighted by Gasteiger charge is 2.14. The first-order valence-corrected chi connectivity index (χ1v) is 6.05. The molecule has 6 nitrogen and oxygen atoms in total. The van der Waals surface area contributed by atoms with Crippen molar-refractivity contribution in [2.24, 2.45) is 5.73 Å². The molecule has 1 atom stereocenters. The molecule has 1 unspecified atom stereocenters. The molecule has 0 bridgehead atoms. The maximum Gasteiger partial charge on any atom is 0.320 e. The minimum absolute atomic E-state index is 0.167. The van der Waals surface area contributed by atoms with Gasteiger partial charge in [-0.25, -0.2) is 4.98 Å². The van der Waals surface area contributed by atoms with Crippen LogP contribution in [0.3, 0.4) is 0 Å². The second-order valence-electron chi connectivity index (χ2n) is 4.35. The van der Waals surface area contributed by atoms with Crippen molar-refractivity contribution in [1.29, 1.82) is 0 Å². The monoisotopic (exact) mass is 276 g/mol. The minimum Gasteiger partial charge on any atom is -0.497 e. The van der Waals surface area contributed by atoms with Gasteiger partial charge < -0.3 is 20.3 Å². The van der Waals surface area contributed by atoms with Gasteiger partial charge in [0.1, 0.15) is 23.1 Å².